The van der Waals surface area contributed by atoms with Gasteiger partial charge in [-0.25, -0.2) is 9.59 Å². The lowest BCUT2D eigenvalue weighted by Crippen LogP contribution is -2.48. The fraction of sp³-hybridized carbons (Fsp3) is 0.733. The van der Waals surface area contributed by atoms with Crippen molar-refractivity contribution in [1.29, 1.82) is 0 Å². The van der Waals surface area contributed by atoms with E-state index < -0.39 is 24.0 Å². The third kappa shape index (κ3) is 7.75. The summed E-state index contributed by atoms with van der Waals surface area (Å²) in [5.41, 5.74) is 0. The summed E-state index contributed by atoms with van der Waals surface area (Å²) < 4.78 is 4.83. The van der Waals surface area contributed by atoms with Crippen molar-refractivity contribution >= 4 is 23.8 Å². The van der Waals surface area contributed by atoms with Gasteiger partial charge in [0.2, 0.25) is 11.8 Å². The zero-order valence-corrected chi connectivity index (χ0v) is 14.1. The topological polar surface area (TPSA) is 102 Å². The summed E-state index contributed by atoms with van der Waals surface area (Å²) in [5, 5.41) is 4.92. The minimum absolute atomic E-state index is 0.135. The molecule has 7 nitrogen and oxygen atoms in total. The highest BCUT2D eigenvalue weighted by Gasteiger charge is 2.30. The zero-order valence-electron chi connectivity index (χ0n) is 14.1. The second kappa shape index (κ2) is 9.17. The lowest BCUT2D eigenvalue weighted by Gasteiger charge is -2.22. The maximum atomic E-state index is 12.1. The van der Waals surface area contributed by atoms with Crippen LogP contribution in [0.5, 0.6) is 0 Å². The van der Waals surface area contributed by atoms with Crippen LogP contribution in [0.3, 0.4) is 0 Å². The molecule has 0 unspecified atom stereocenters. The molecular formula is C15H26N2O5. The maximum absolute atomic E-state index is 12.1. The Morgan fingerprint density at radius 2 is 1.36 bits per heavy atom. The van der Waals surface area contributed by atoms with Gasteiger partial charge in [-0.05, 0) is 18.3 Å². The molecule has 2 atom stereocenters. The Morgan fingerprint density at radius 3 is 1.73 bits per heavy atom. The van der Waals surface area contributed by atoms with E-state index in [2.05, 4.69) is 10.6 Å². The van der Waals surface area contributed by atoms with Gasteiger partial charge in [-0.2, -0.15) is 0 Å². The number of carbonyl (C=O) groups is 4. The van der Waals surface area contributed by atoms with Gasteiger partial charge < -0.3 is 15.4 Å². The van der Waals surface area contributed by atoms with Crippen LogP contribution in [-0.4, -0.2) is 35.8 Å². The van der Waals surface area contributed by atoms with Crippen LogP contribution < -0.4 is 10.6 Å². The van der Waals surface area contributed by atoms with Gasteiger partial charge >= 0.3 is 11.9 Å². The molecule has 0 aliphatic carbocycles. The molecule has 22 heavy (non-hydrogen) atoms. The van der Waals surface area contributed by atoms with Gasteiger partial charge in [0.1, 0.15) is 12.1 Å². The molecule has 2 N–H and O–H groups in total. The minimum Gasteiger partial charge on any atom is -0.390 e. The van der Waals surface area contributed by atoms with E-state index in [1.54, 1.807) is 13.8 Å². The molecule has 0 aromatic carbocycles. The van der Waals surface area contributed by atoms with Crippen LogP contribution in [-0.2, 0) is 23.9 Å². The first kappa shape index (κ1) is 20.1. The fourth-order valence-electron chi connectivity index (χ4n) is 1.88. The first-order valence-corrected chi connectivity index (χ1v) is 7.34. The monoisotopic (exact) mass is 314 g/mol. The standard InChI is InChI=1S/C15H26N2O5/c1-8(2)7-12(16-10(5)18)14(20)22-15(21)13(9(3)4)17-11(6)19/h8-9,12-13H,7H2,1-6H3,(H,16,18)(H,17,19)/t12-,13-/m0/s1. The molecule has 0 fully saturated rings. The first-order valence-electron chi connectivity index (χ1n) is 7.34. The summed E-state index contributed by atoms with van der Waals surface area (Å²) in [6.45, 7) is 9.80. The third-order valence-electron chi connectivity index (χ3n) is 2.85. The number of carbonyl (C=O) groups excluding carboxylic acids is 4. The lowest BCUT2D eigenvalue weighted by molar-refractivity contribution is -0.165. The Morgan fingerprint density at radius 1 is 0.864 bits per heavy atom. The van der Waals surface area contributed by atoms with Gasteiger partial charge in [-0.15, -0.1) is 0 Å². The quantitative estimate of drug-likeness (QED) is 0.534. The molecule has 2 amide bonds. The number of rotatable bonds is 7. The highest BCUT2D eigenvalue weighted by molar-refractivity contribution is 5.94. The second-order valence-corrected chi connectivity index (χ2v) is 6.05. The van der Waals surface area contributed by atoms with Crippen molar-refractivity contribution in [1.82, 2.24) is 10.6 Å². The van der Waals surface area contributed by atoms with E-state index in [1.165, 1.54) is 13.8 Å². The van der Waals surface area contributed by atoms with Crippen molar-refractivity contribution in [2.24, 2.45) is 11.8 Å². The molecule has 0 saturated carbocycles. The molecule has 0 aromatic heterocycles. The Hall–Kier alpha value is -1.92. The maximum Gasteiger partial charge on any atom is 0.336 e. The lowest BCUT2D eigenvalue weighted by atomic mass is 10.0. The van der Waals surface area contributed by atoms with E-state index in [0.29, 0.717) is 6.42 Å². The van der Waals surface area contributed by atoms with E-state index in [4.69, 9.17) is 4.74 Å². The molecule has 0 aromatic rings. The van der Waals surface area contributed by atoms with Crippen LogP contribution in [0.2, 0.25) is 0 Å². The van der Waals surface area contributed by atoms with Crippen molar-refractivity contribution in [3.05, 3.63) is 0 Å². The first-order chi connectivity index (χ1) is 10.0. The summed E-state index contributed by atoms with van der Waals surface area (Å²) in [6.07, 6.45) is 0.359. The van der Waals surface area contributed by atoms with Gasteiger partial charge in [0.05, 0.1) is 0 Å². The summed E-state index contributed by atoms with van der Waals surface area (Å²) in [5.74, 6) is -2.50. The van der Waals surface area contributed by atoms with Crippen molar-refractivity contribution in [3.63, 3.8) is 0 Å². The molecule has 0 saturated heterocycles. The van der Waals surface area contributed by atoms with Crippen molar-refractivity contribution in [2.75, 3.05) is 0 Å². The Balaban J connectivity index is 4.90. The average molecular weight is 314 g/mol. The summed E-state index contributed by atoms with van der Waals surface area (Å²) in [4.78, 5) is 46.4. The second-order valence-electron chi connectivity index (χ2n) is 6.05. The predicted octanol–water partition coefficient (Wildman–Crippen LogP) is 0.768. The molecule has 0 spiro atoms. The normalized spacial score (nSPS) is 13.5. The van der Waals surface area contributed by atoms with Gasteiger partial charge in [-0.1, -0.05) is 27.7 Å². The number of ether oxygens (including phenoxy) is 1. The molecule has 0 heterocycles. The highest BCUT2D eigenvalue weighted by atomic mass is 16.6. The molecule has 0 radical (unpaired) electrons. The highest BCUT2D eigenvalue weighted by Crippen LogP contribution is 2.09. The van der Waals surface area contributed by atoms with Crippen molar-refractivity contribution in [2.45, 2.75) is 60.0 Å². The number of nitrogens with one attached hydrogen (secondary N) is 2. The largest absolute Gasteiger partial charge is 0.390 e. The summed E-state index contributed by atoms with van der Waals surface area (Å²) in [7, 11) is 0. The molecule has 7 heteroatoms. The van der Waals surface area contributed by atoms with E-state index in [9.17, 15) is 19.2 Å². The van der Waals surface area contributed by atoms with Gasteiger partial charge in [-0.3, -0.25) is 9.59 Å². The zero-order chi connectivity index (χ0) is 17.4. The fourth-order valence-corrected chi connectivity index (χ4v) is 1.88. The average Bonchev–Trinajstić information content (AvgIpc) is 2.33. The molecule has 0 aliphatic heterocycles. The Bertz CT molecular complexity index is 432. The molecular weight excluding hydrogens is 288 g/mol. The van der Waals surface area contributed by atoms with Gasteiger partial charge in [0.15, 0.2) is 0 Å². The summed E-state index contributed by atoms with van der Waals surface area (Å²) in [6, 6.07) is -1.79. The summed E-state index contributed by atoms with van der Waals surface area (Å²) >= 11 is 0. The Labute approximate surface area is 131 Å². The minimum atomic E-state index is -0.904. The smallest absolute Gasteiger partial charge is 0.336 e. The van der Waals surface area contributed by atoms with Crippen LogP contribution in [0.15, 0.2) is 0 Å². The number of hydrogen-bond acceptors (Lipinski definition) is 5. The van der Waals surface area contributed by atoms with Gasteiger partial charge in [0, 0.05) is 13.8 Å². The number of hydrogen-bond donors (Lipinski definition) is 2. The van der Waals surface area contributed by atoms with Crippen LogP contribution in [0.25, 0.3) is 0 Å². The molecule has 126 valence electrons. The van der Waals surface area contributed by atoms with E-state index in [0.717, 1.165) is 0 Å². The Kier molecular flexibility index (Phi) is 8.37. The molecule has 0 aliphatic rings. The molecule has 0 bridgehead atoms. The van der Waals surface area contributed by atoms with Crippen LogP contribution in [0.1, 0.15) is 48.0 Å². The van der Waals surface area contributed by atoms with E-state index in [-0.39, 0.29) is 23.7 Å². The van der Waals surface area contributed by atoms with Crippen LogP contribution >= 0.6 is 0 Å². The van der Waals surface area contributed by atoms with Crippen molar-refractivity contribution < 1.29 is 23.9 Å². The van der Waals surface area contributed by atoms with E-state index >= 15 is 0 Å². The van der Waals surface area contributed by atoms with E-state index in [1.807, 2.05) is 13.8 Å². The number of amides is 2. The number of esters is 2. The van der Waals surface area contributed by atoms with Crippen LogP contribution in [0.4, 0.5) is 0 Å². The molecule has 0 rings (SSSR count). The SMILES string of the molecule is CC(=O)N[C@@H](CC(C)C)C(=O)OC(=O)[C@@H](NC(C)=O)C(C)C. The predicted molar refractivity (Wildman–Crippen MR) is 80.6 cm³/mol. The third-order valence-corrected chi connectivity index (χ3v) is 2.85. The van der Waals surface area contributed by atoms with Crippen molar-refractivity contribution in [3.8, 4) is 0 Å². The van der Waals surface area contributed by atoms with Gasteiger partial charge in [0.25, 0.3) is 0 Å². The van der Waals surface area contributed by atoms with Crippen LogP contribution in [0, 0.1) is 11.8 Å².